The molecule has 1 aromatic rings. The topological polar surface area (TPSA) is 58.3 Å². The molecule has 1 aliphatic heterocycles. The summed E-state index contributed by atoms with van der Waals surface area (Å²) < 4.78 is 12.2. The second-order valence-corrected chi connectivity index (χ2v) is 4.07. The van der Waals surface area contributed by atoms with E-state index in [9.17, 15) is 4.39 Å². The van der Waals surface area contributed by atoms with Crippen molar-refractivity contribution in [3.8, 4) is 0 Å². The number of anilines is 1. The Morgan fingerprint density at radius 1 is 1.29 bits per heavy atom. The van der Waals surface area contributed by atoms with Gasteiger partial charge >= 0.3 is 0 Å². The van der Waals surface area contributed by atoms with Crippen molar-refractivity contribution in [3.05, 3.63) is 18.0 Å². The van der Waals surface area contributed by atoms with Crippen molar-refractivity contribution in [3.63, 3.8) is 0 Å². The summed E-state index contributed by atoms with van der Waals surface area (Å²) in [6.07, 6.45) is 1.73. The molecule has 2 rings (SSSR count). The molecule has 94 valence electrons. The molecule has 1 saturated heterocycles. The molecular weight excluding hydrogens is 221 g/mol. The molecule has 1 fully saturated rings. The summed E-state index contributed by atoms with van der Waals surface area (Å²) in [7, 11) is 0. The van der Waals surface area contributed by atoms with Crippen molar-refractivity contribution in [2.24, 2.45) is 5.73 Å². The molecule has 0 saturated carbocycles. The summed E-state index contributed by atoms with van der Waals surface area (Å²) in [5.41, 5.74) is 6.40. The van der Waals surface area contributed by atoms with Gasteiger partial charge < -0.3 is 10.6 Å². The van der Waals surface area contributed by atoms with Gasteiger partial charge in [-0.2, -0.15) is 0 Å². The molecule has 5 nitrogen and oxygen atoms in total. The van der Waals surface area contributed by atoms with Crippen molar-refractivity contribution >= 4 is 5.95 Å². The molecular formula is C11H18FN5. The third kappa shape index (κ3) is 3.10. The third-order valence-corrected chi connectivity index (χ3v) is 2.97. The predicted octanol–water partition coefficient (Wildman–Crippen LogP) is 0.0268. The minimum atomic E-state index is -0.279. The van der Waals surface area contributed by atoms with E-state index in [4.69, 9.17) is 5.73 Å². The summed E-state index contributed by atoms with van der Waals surface area (Å²) in [6, 6.07) is 1.82. The Bertz CT molecular complexity index is 351. The van der Waals surface area contributed by atoms with Crippen LogP contribution in [0.2, 0.25) is 0 Å². The molecule has 0 amide bonds. The molecule has 1 aromatic heterocycles. The van der Waals surface area contributed by atoms with Crippen LogP contribution in [-0.4, -0.2) is 54.3 Å². The first-order chi connectivity index (χ1) is 8.33. The highest BCUT2D eigenvalue weighted by Crippen LogP contribution is 2.10. The predicted molar refractivity (Wildman–Crippen MR) is 64.6 cm³/mol. The fourth-order valence-electron chi connectivity index (χ4n) is 1.94. The molecule has 17 heavy (non-hydrogen) atoms. The van der Waals surface area contributed by atoms with E-state index in [-0.39, 0.29) is 6.67 Å². The van der Waals surface area contributed by atoms with Crippen molar-refractivity contribution in [2.45, 2.75) is 6.54 Å². The zero-order valence-electron chi connectivity index (χ0n) is 9.85. The van der Waals surface area contributed by atoms with Crippen LogP contribution in [0.5, 0.6) is 0 Å². The minimum absolute atomic E-state index is 0.279. The van der Waals surface area contributed by atoms with Crippen LogP contribution >= 0.6 is 0 Å². The SMILES string of the molecule is NCc1ccnc(N2CCN(CCF)CC2)n1. The van der Waals surface area contributed by atoms with Gasteiger partial charge in [-0.1, -0.05) is 0 Å². The standard InChI is InChI=1S/C11H18FN5/c12-2-4-16-5-7-17(8-6-16)11-14-3-1-10(9-13)15-11/h1,3H,2,4-9,13H2. The van der Waals surface area contributed by atoms with Crippen LogP contribution in [0.4, 0.5) is 10.3 Å². The van der Waals surface area contributed by atoms with Crippen LogP contribution in [0.15, 0.2) is 12.3 Å². The van der Waals surface area contributed by atoms with Gasteiger partial charge in [0.15, 0.2) is 0 Å². The van der Waals surface area contributed by atoms with Crippen molar-refractivity contribution < 1.29 is 4.39 Å². The second kappa shape index (κ2) is 5.88. The fraction of sp³-hybridized carbons (Fsp3) is 0.636. The maximum absolute atomic E-state index is 12.2. The average Bonchev–Trinajstić information content (AvgIpc) is 2.40. The number of rotatable bonds is 4. The lowest BCUT2D eigenvalue weighted by atomic mass is 10.3. The Hall–Kier alpha value is -1.27. The number of aromatic nitrogens is 2. The lowest BCUT2D eigenvalue weighted by Crippen LogP contribution is -2.47. The molecule has 0 radical (unpaired) electrons. The quantitative estimate of drug-likeness (QED) is 0.803. The second-order valence-electron chi connectivity index (χ2n) is 4.07. The van der Waals surface area contributed by atoms with Crippen LogP contribution < -0.4 is 10.6 Å². The number of hydrogen-bond donors (Lipinski definition) is 1. The molecule has 0 aromatic carbocycles. The monoisotopic (exact) mass is 239 g/mol. The maximum atomic E-state index is 12.2. The summed E-state index contributed by atoms with van der Waals surface area (Å²) in [4.78, 5) is 12.9. The highest BCUT2D eigenvalue weighted by Gasteiger charge is 2.18. The highest BCUT2D eigenvalue weighted by molar-refractivity contribution is 5.31. The maximum Gasteiger partial charge on any atom is 0.225 e. The van der Waals surface area contributed by atoms with Gasteiger partial charge in [-0.25, -0.2) is 14.4 Å². The molecule has 0 spiro atoms. The zero-order valence-corrected chi connectivity index (χ0v) is 9.85. The van der Waals surface area contributed by atoms with Gasteiger partial charge in [0.2, 0.25) is 5.95 Å². The van der Waals surface area contributed by atoms with Gasteiger partial charge in [0.1, 0.15) is 6.67 Å². The Morgan fingerprint density at radius 2 is 2.06 bits per heavy atom. The van der Waals surface area contributed by atoms with E-state index in [1.807, 2.05) is 6.07 Å². The smallest absolute Gasteiger partial charge is 0.225 e. The van der Waals surface area contributed by atoms with Crippen LogP contribution in [0.3, 0.4) is 0 Å². The summed E-state index contributed by atoms with van der Waals surface area (Å²) in [5, 5.41) is 0. The van der Waals surface area contributed by atoms with Gasteiger partial charge in [-0.3, -0.25) is 4.90 Å². The van der Waals surface area contributed by atoms with E-state index < -0.39 is 0 Å². The van der Waals surface area contributed by atoms with Crippen molar-refractivity contribution in [1.82, 2.24) is 14.9 Å². The Kier molecular flexibility index (Phi) is 4.22. The zero-order chi connectivity index (χ0) is 12.1. The Labute approximate surface area is 100 Å². The third-order valence-electron chi connectivity index (χ3n) is 2.97. The lowest BCUT2D eigenvalue weighted by molar-refractivity contribution is 0.234. The lowest BCUT2D eigenvalue weighted by Gasteiger charge is -2.34. The van der Waals surface area contributed by atoms with E-state index in [1.165, 1.54) is 0 Å². The van der Waals surface area contributed by atoms with Crippen LogP contribution in [0, 0.1) is 0 Å². The summed E-state index contributed by atoms with van der Waals surface area (Å²) >= 11 is 0. The van der Waals surface area contributed by atoms with E-state index in [0.717, 1.165) is 37.8 Å². The summed E-state index contributed by atoms with van der Waals surface area (Å²) in [6.45, 7) is 4.08. The first-order valence-corrected chi connectivity index (χ1v) is 5.88. The first kappa shape index (κ1) is 12.2. The number of piperazine rings is 1. The van der Waals surface area contributed by atoms with Crippen molar-refractivity contribution in [1.29, 1.82) is 0 Å². The molecule has 0 atom stereocenters. The molecule has 6 heteroatoms. The Balaban J connectivity index is 1.95. The first-order valence-electron chi connectivity index (χ1n) is 5.88. The van der Waals surface area contributed by atoms with Crippen LogP contribution in [0.25, 0.3) is 0 Å². The Morgan fingerprint density at radius 3 is 2.71 bits per heavy atom. The molecule has 2 heterocycles. The van der Waals surface area contributed by atoms with E-state index >= 15 is 0 Å². The van der Waals surface area contributed by atoms with Gasteiger partial charge in [0.05, 0.1) is 5.69 Å². The molecule has 0 bridgehead atoms. The van der Waals surface area contributed by atoms with Gasteiger partial charge in [0.25, 0.3) is 0 Å². The van der Waals surface area contributed by atoms with Crippen LogP contribution in [0.1, 0.15) is 5.69 Å². The molecule has 0 aliphatic carbocycles. The van der Waals surface area contributed by atoms with Gasteiger partial charge in [-0.05, 0) is 6.07 Å². The van der Waals surface area contributed by atoms with E-state index in [1.54, 1.807) is 6.20 Å². The number of nitrogens with two attached hydrogens (primary N) is 1. The van der Waals surface area contributed by atoms with E-state index in [2.05, 4.69) is 19.8 Å². The average molecular weight is 239 g/mol. The van der Waals surface area contributed by atoms with Gasteiger partial charge in [0, 0.05) is 45.5 Å². The van der Waals surface area contributed by atoms with E-state index in [0.29, 0.717) is 13.1 Å². The fourth-order valence-corrected chi connectivity index (χ4v) is 1.94. The molecule has 2 N–H and O–H groups in total. The summed E-state index contributed by atoms with van der Waals surface area (Å²) in [5.74, 6) is 0.729. The minimum Gasteiger partial charge on any atom is -0.338 e. The largest absolute Gasteiger partial charge is 0.338 e. The van der Waals surface area contributed by atoms with Gasteiger partial charge in [-0.15, -0.1) is 0 Å². The number of alkyl halides is 1. The number of halogens is 1. The number of nitrogens with zero attached hydrogens (tertiary/aromatic N) is 4. The van der Waals surface area contributed by atoms with Crippen LogP contribution in [-0.2, 0) is 6.54 Å². The van der Waals surface area contributed by atoms with Crippen molar-refractivity contribution in [2.75, 3.05) is 44.3 Å². The molecule has 0 unspecified atom stereocenters. The highest BCUT2D eigenvalue weighted by atomic mass is 19.1. The normalized spacial score (nSPS) is 17.4. The molecule has 1 aliphatic rings. The number of hydrogen-bond acceptors (Lipinski definition) is 5.